The molecule has 1 saturated heterocycles. The zero-order valence-corrected chi connectivity index (χ0v) is 24.9. The average Bonchev–Trinajstić information content (AvgIpc) is 3.50. The van der Waals surface area contributed by atoms with Gasteiger partial charge < -0.3 is 14.1 Å². The number of nitrogens with one attached hydrogen (secondary N) is 1. The molecule has 0 radical (unpaired) electrons. The van der Waals surface area contributed by atoms with Crippen molar-refractivity contribution in [3.63, 3.8) is 0 Å². The van der Waals surface area contributed by atoms with Crippen LogP contribution in [0, 0.1) is 18.6 Å². The highest BCUT2D eigenvalue weighted by Crippen LogP contribution is 2.46. The Labute approximate surface area is 239 Å². The lowest BCUT2D eigenvalue weighted by Gasteiger charge is -2.38. The molecule has 5 rings (SSSR count). The van der Waals surface area contributed by atoms with E-state index in [1.54, 1.807) is 18.0 Å². The first-order chi connectivity index (χ1) is 19.1. The SMILES string of the molecule is CCc1ccc([C@H]2C(c3ccc(F)cc3F)=NN(c3ccc(C)cc3P)[C@]2(C)C(=O)NS[C@H]2CN(C)CCO2)o1. The summed E-state index contributed by atoms with van der Waals surface area (Å²) < 4.78 is 44.3. The Morgan fingerprint density at radius 2 is 2.02 bits per heavy atom. The van der Waals surface area contributed by atoms with Crippen molar-refractivity contribution in [2.45, 2.75) is 44.1 Å². The number of hydrogen-bond acceptors (Lipinski definition) is 7. The monoisotopic (exact) mass is 586 g/mol. The average molecular weight is 587 g/mol. The van der Waals surface area contributed by atoms with Crippen LogP contribution in [0.5, 0.6) is 0 Å². The molecular weight excluding hydrogens is 553 g/mol. The van der Waals surface area contributed by atoms with Gasteiger partial charge in [0.2, 0.25) is 0 Å². The Bertz CT molecular complexity index is 1450. The minimum Gasteiger partial charge on any atom is -0.465 e. The van der Waals surface area contributed by atoms with Crippen LogP contribution in [0.3, 0.4) is 0 Å². The van der Waals surface area contributed by atoms with Crippen LogP contribution in [0.1, 0.15) is 42.4 Å². The van der Waals surface area contributed by atoms with Crippen LogP contribution in [-0.4, -0.2) is 54.2 Å². The van der Waals surface area contributed by atoms with Gasteiger partial charge in [0.15, 0.2) is 5.54 Å². The summed E-state index contributed by atoms with van der Waals surface area (Å²) in [6, 6.07) is 12.8. The van der Waals surface area contributed by atoms with Crippen LogP contribution in [-0.2, 0) is 16.0 Å². The van der Waals surface area contributed by atoms with E-state index in [0.717, 1.165) is 29.2 Å². The van der Waals surface area contributed by atoms with Crippen molar-refractivity contribution < 1.29 is 22.7 Å². The van der Waals surface area contributed by atoms with E-state index in [4.69, 9.17) is 14.3 Å². The molecule has 2 aliphatic rings. The number of ether oxygens (including phenoxy) is 1. The fourth-order valence-corrected chi connectivity index (χ4v) is 6.57. The van der Waals surface area contributed by atoms with Gasteiger partial charge in [-0.2, -0.15) is 5.10 Å². The molecule has 1 unspecified atom stereocenters. The highest BCUT2D eigenvalue weighted by molar-refractivity contribution is 7.98. The lowest BCUT2D eigenvalue weighted by molar-refractivity contribution is -0.124. The van der Waals surface area contributed by atoms with Crippen molar-refractivity contribution >= 4 is 43.8 Å². The third kappa shape index (κ3) is 5.42. The van der Waals surface area contributed by atoms with Crippen molar-refractivity contribution in [2.24, 2.45) is 5.10 Å². The summed E-state index contributed by atoms with van der Waals surface area (Å²) in [6.07, 6.45) is 0.646. The summed E-state index contributed by atoms with van der Waals surface area (Å²) in [4.78, 5) is 16.5. The molecular formula is C29H33F2N4O3PS. The Morgan fingerprint density at radius 3 is 2.70 bits per heavy atom. The Balaban J connectivity index is 1.64. The molecule has 212 valence electrons. The van der Waals surface area contributed by atoms with Gasteiger partial charge in [0.25, 0.3) is 5.91 Å². The molecule has 1 N–H and O–H groups in total. The number of carbonyl (C=O) groups excluding carboxylic acids is 1. The summed E-state index contributed by atoms with van der Waals surface area (Å²) in [7, 11) is 4.70. The molecule has 3 heterocycles. The van der Waals surface area contributed by atoms with E-state index >= 15 is 4.39 Å². The number of anilines is 1. The molecule has 1 aromatic heterocycles. The molecule has 1 fully saturated rings. The summed E-state index contributed by atoms with van der Waals surface area (Å²) in [6.45, 7) is 7.77. The molecule has 0 bridgehead atoms. The molecule has 0 saturated carbocycles. The van der Waals surface area contributed by atoms with Crippen molar-refractivity contribution in [1.82, 2.24) is 9.62 Å². The molecule has 7 nitrogen and oxygen atoms in total. The summed E-state index contributed by atoms with van der Waals surface area (Å²) >= 11 is 1.21. The lowest BCUT2D eigenvalue weighted by Crippen LogP contribution is -2.56. The first-order valence-electron chi connectivity index (χ1n) is 13.2. The number of aryl methyl sites for hydroxylation is 2. The van der Waals surface area contributed by atoms with E-state index in [0.29, 0.717) is 31.0 Å². The quantitative estimate of drug-likeness (QED) is 0.319. The van der Waals surface area contributed by atoms with E-state index in [2.05, 4.69) is 18.9 Å². The minimum atomic E-state index is -1.38. The summed E-state index contributed by atoms with van der Waals surface area (Å²) in [5.41, 5.74) is 0.448. The van der Waals surface area contributed by atoms with Gasteiger partial charge in [-0.05, 0) is 74.5 Å². The van der Waals surface area contributed by atoms with Crippen LogP contribution >= 0.6 is 21.2 Å². The van der Waals surface area contributed by atoms with E-state index < -0.39 is 23.1 Å². The first-order valence-corrected chi connectivity index (χ1v) is 14.6. The zero-order chi connectivity index (χ0) is 28.6. The van der Waals surface area contributed by atoms with Crippen LogP contribution in [0.4, 0.5) is 14.5 Å². The molecule has 11 heteroatoms. The Morgan fingerprint density at radius 1 is 1.23 bits per heavy atom. The van der Waals surface area contributed by atoms with Gasteiger partial charge in [0.05, 0.1) is 23.9 Å². The van der Waals surface area contributed by atoms with E-state index in [1.165, 1.54) is 24.1 Å². The molecule has 0 spiro atoms. The maximum atomic E-state index is 15.3. The van der Waals surface area contributed by atoms with Gasteiger partial charge in [-0.25, -0.2) is 13.8 Å². The van der Waals surface area contributed by atoms with Crippen molar-refractivity contribution in [1.29, 1.82) is 0 Å². The molecule has 1 amide bonds. The third-order valence-corrected chi connectivity index (χ3v) is 8.71. The van der Waals surface area contributed by atoms with Gasteiger partial charge in [-0.3, -0.25) is 9.52 Å². The number of furan rings is 1. The molecule has 0 aliphatic carbocycles. The number of carbonyl (C=O) groups is 1. The number of benzene rings is 2. The second kappa shape index (κ2) is 11.6. The Hall–Kier alpha value is -2.78. The fourth-order valence-electron chi connectivity index (χ4n) is 5.15. The summed E-state index contributed by atoms with van der Waals surface area (Å²) in [5.74, 6) is -1.42. The third-order valence-electron chi connectivity index (χ3n) is 7.40. The summed E-state index contributed by atoms with van der Waals surface area (Å²) in [5, 5.41) is 7.34. The van der Waals surface area contributed by atoms with Gasteiger partial charge in [0.1, 0.15) is 28.6 Å². The lowest BCUT2D eigenvalue weighted by atomic mass is 9.78. The number of rotatable bonds is 7. The number of halogens is 2. The van der Waals surface area contributed by atoms with Crippen LogP contribution in [0.2, 0.25) is 0 Å². The zero-order valence-electron chi connectivity index (χ0n) is 22.9. The number of likely N-dealkylation sites (N-methyl/N-ethyl adjacent to an activating group) is 1. The number of hydrazone groups is 1. The fraction of sp³-hybridized carbons (Fsp3) is 0.379. The first kappa shape index (κ1) is 28.7. The van der Waals surface area contributed by atoms with Crippen molar-refractivity contribution in [2.75, 3.05) is 31.8 Å². The van der Waals surface area contributed by atoms with E-state index in [1.807, 2.05) is 45.2 Å². The van der Waals surface area contributed by atoms with Gasteiger partial charge in [-0.1, -0.05) is 18.6 Å². The van der Waals surface area contributed by atoms with Crippen LogP contribution in [0.25, 0.3) is 0 Å². The molecule has 4 atom stereocenters. The molecule has 2 aliphatic heterocycles. The normalized spacial score (nSPS) is 23.4. The second-order valence-electron chi connectivity index (χ2n) is 10.3. The molecule has 40 heavy (non-hydrogen) atoms. The largest absolute Gasteiger partial charge is 0.465 e. The van der Waals surface area contributed by atoms with Crippen LogP contribution in [0.15, 0.2) is 58.0 Å². The van der Waals surface area contributed by atoms with Crippen LogP contribution < -0.4 is 15.0 Å². The van der Waals surface area contributed by atoms with Gasteiger partial charge >= 0.3 is 0 Å². The number of morpholine rings is 1. The predicted molar refractivity (Wildman–Crippen MR) is 158 cm³/mol. The minimum absolute atomic E-state index is 0.102. The standard InChI is InChI=1S/C29H33F2N4O3PS/c1-5-19-8-11-23(38-19)26-27(20-9-7-18(30)15-21(20)31)32-35(22-10-6-17(2)14-24(22)39)29(26,3)28(36)33-40-25-16-34(4)12-13-37-25/h6-11,14-15,25-26H,5,12-13,16,39H2,1-4H3,(H,33,36)/t25-,26-,29-/m0/s1. The topological polar surface area (TPSA) is 70.3 Å². The molecule has 3 aromatic rings. The second-order valence-corrected chi connectivity index (χ2v) is 11.9. The number of hydrogen-bond donors (Lipinski definition) is 1. The number of nitrogens with zero attached hydrogens (tertiary/aromatic N) is 3. The smallest absolute Gasteiger partial charge is 0.258 e. The van der Waals surface area contributed by atoms with Crippen molar-refractivity contribution in [3.8, 4) is 0 Å². The molecule has 2 aromatic carbocycles. The van der Waals surface area contributed by atoms with E-state index in [9.17, 15) is 9.18 Å². The van der Waals surface area contributed by atoms with Gasteiger partial charge in [0, 0.05) is 31.1 Å². The maximum Gasteiger partial charge on any atom is 0.258 e. The maximum absolute atomic E-state index is 15.3. The predicted octanol–water partition coefficient (Wildman–Crippen LogP) is 4.75. The highest BCUT2D eigenvalue weighted by Gasteiger charge is 2.57. The Kier molecular flexibility index (Phi) is 8.34. The van der Waals surface area contributed by atoms with E-state index in [-0.39, 0.29) is 22.6 Å². The number of amides is 1. The van der Waals surface area contributed by atoms with Gasteiger partial charge in [-0.15, -0.1) is 9.24 Å². The highest BCUT2D eigenvalue weighted by atomic mass is 32.2. The van der Waals surface area contributed by atoms with Crippen molar-refractivity contribution in [3.05, 3.63) is 82.8 Å².